The van der Waals surface area contributed by atoms with E-state index in [0.29, 0.717) is 28.9 Å². The van der Waals surface area contributed by atoms with E-state index in [9.17, 15) is 24.3 Å². The van der Waals surface area contributed by atoms with E-state index in [0.717, 1.165) is 10.6 Å². The highest BCUT2D eigenvalue weighted by Crippen LogP contribution is 2.43. The Labute approximate surface area is 227 Å². The number of β-lactam (4-membered cyclic amide) rings is 1. The van der Waals surface area contributed by atoms with Crippen LogP contribution in [0.1, 0.15) is 34.7 Å². The molecule has 2 aliphatic rings. The maximum atomic E-state index is 13.8. The van der Waals surface area contributed by atoms with E-state index in [1.165, 1.54) is 21.6 Å². The van der Waals surface area contributed by atoms with Gasteiger partial charge in [0, 0.05) is 28.3 Å². The Morgan fingerprint density at radius 1 is 1.16 bits per heavy atom. The molecule has 38 heavy (non-hydrogen) atoms. The second-order valence-corrected chi connectivity index (χ2v) is 11.4. The molecule has 4 N–H and O–H groups in total. The van der Waals surface area contributed by atoms with Gasteiger partial charge in [-0.1, -0.05) is 36.4 Å². The molecule has 0 unspecified atom stereocenters. The number of aromatic amines is 1. The lowest BCUT2D eigenvalue weighted by atomic mass is 9.98. The largest absolute Gasteiger partial charge is 0.477 e. The summed E-state index contributed by atoms with van der Waals surface area (Å²) < 4.78 is 0. The van der Waals surface area contributed by atoms with Crippen LogP contribution in [-0.2, 0) is 27.3 Å². The van der Waals surface area contributed by atoms with Crippen molar-refractivity contribution >= 4 is 40.9 Å². The Hall–Kier alpha value is -3.67. The van der Waals surface area contributed by atoms with Gasteiger partial charge in [0.15, 0.2) is 0 Å². The molecule has 11 heteroatoms. The third-order valence-corrected chi connectivity index (χ3v) is 9.00. The molecule has 1 saturated heterocycles. The number of carbonyl (C=O) groups is 3. The van der Waals surface area contributed by atoms with Crippen LogP contribution >= 0.6 is 23.1 Å². The zero-order chi connectivity index (χ0) is 27.0. The molecule has 3 aromatic rings. The lowest BCUT2D eigenvalue weighted by Crippen LogP contribution is -2.71. The molecule has 5 rings (SSSR count). The molecule has 0 spiro atoms. The van der Waals surface area contributed by atoms with Gasteiger partial charge in [-0.05, 0) is 41.6 Å². The van der Waals surface area contributed by atoms with E-state index < -0.39 is 35.2 Å². The second-order valence-electron chi connectivity index (χ2n) is 9.24. The number of aromatic nitrogens is 1. The van der Waals surface area contributed by atoms with Gasteiger partial charge in [0.2, 0.25) is 5.91 Å². The molecule has 1 fully saturated rings. The predicted molar refractivity (Wildman–Crippen MR) is 145 cm³/mol. The number of hydrogen-bond donors (Lipinski definition) is 3. The molecular formula is C27H26N4O5S2. The summed E-state index contributed by atoms with van der Waals surface area (Å²) in [5, 5.41) is 11.1. The number of nitrogens with one attached hydrogen (secondary N) is 1. The number of nitrogens with zero attached hydrogens (tertiary/aromatic N) is 2. The van der Waals surface area contributed by atoms with E-state index in [1.54, 1.807) is 54.7 Å². The van der Waals surface area contributed by atoms with Crippen molar-refractivity contribution in [3.63, 3.8) is 0 Å². The summed E-state index contributed by atoms with van der Waals surface area (Å²) in [5.41, 5.74) is 8.15. The molecule has 9 nitrogen and oxygen atoms in total. The highest BCUT2D eigenvalue weighted by atomic mass is 32.2. The zero-order valence-corrected chi connectivity index (χ0v) is 22.1. The van der Waals surface area contributed by atoms with Gasteiger partial charge in [0.25, 0.3) is 11.5 Å². The van der Waals surface area contributed by atoms with E-state index in [4.69, 9.17) is 5.73 Å². The van der Waals surface area contributed by atoms with Crippen molar-refractivity contribution in [2.75, 3.05) is 5.75 Å². The van der Waals surface area contributed by atoms with Gasteiger partial charge in [0.1, 0.15) is 23.2 Å². The van der Waals surface area contributed by atoms with Crippen molar-refractivity contribution in [3.8, 4) is 0 Å². The molecule has 1 aromatic carbocycles. The molecule has 2 amide bonds. The van der Waals surface area contributed by atoms with Gasteiger partial charge in [-0.25, -0.2) is 4.79 Å². The first kappa shape index (κ1) is 26.0. The molecule has 0 bridgehead atoms. The molecule has 4 heterocycles. The number of pyridine rings is 1. The first-order valence-corrected chi connectivity index (χ1v) is 13.9. The summed E-state index contributed by atoms with van der Waals surface area (Å²) in [7, 11) is 0. The summed E-state index contributed by atoms with van der Waals surface area (Å²) in [6, 6.07) is 14.2. The third kappa shape index (κ3) is 4.80. The van der Waals surface area contributed by atoms with Crippen molar-refractivity contribution in [1.82, 2.24) is 14.8 Å². The smallest absolute Gasteiger partial charge is 0.352 e. The van der Waals surface area contributed by atoms with E-state index in [-0.39, 0.29) is 17.8 Å². The molecule has 2 aromatic heterocycles. The first-order valence-electron chi connectivity index (χ1n) is 12.0. The van der Waals surface area contributed by atoms with E-state index in [2.05, 4.69) is 4.98 Å². The van der Waals surface area contributed by atoms with Gasteiger partial charge in [-0.15, -0.1) is 23.1 Å². The molecule has 0 aliphatic carbocycles. The Balaban J connectivity index is 1.46. The van der Waals surface area contributed by atoms with Crippen LogP contribution in [-0.4, -0.2) is 54.8 Å². The highest BCUT2D eigenvalue weighted by Gasteiger charge is 2.57. The Morgan fingerprint density at radius 3 is 2.58 bits per heavy atom. The maximum Gasteiger partial charge on any atom is 0.352 e. The molecule has 0 saturated carbocycles. The number of benzene rings is 1. The number of nitrogens with two attached hydrogens (primary N) is 1. The van der Waals surface area contributed by atoms with Gasteiger partial charge >= 0.3 is 5.97 Å². The number of amides is 2. The number of thioether (sulfide) groups is 1. The highest BCUT2D eigenvalue weighted by molar-refractivity contribution is 8.00. The number of carboxylic acid groups (broad SMARTS) is 1. The minimum Gasteiger partial charge on any atom is -0.477 e. The van der Waals surface area contributed by atoms with Crippen LogP contribution in [0.15, 0.2) is 76.0 Å². The van der Waals surface area contributed by atoms with E-state index >= 15 is 0 Å². The molecule has 0 radical (unpaired) electrons. The number of fused-ring (bicyclic) bond motifs is 1. The quantitative estimate of drug-likeness (QED) is 0.367. The summed E-state index contributed by atoms with van der Waals surface area (Å²) in [6.45, 7) is 1.54. The van der Waals surface area contributed by atoms with Gasteiger partial charge < -0.3 is 20.7 Å². The number of carboxylic acids is 1. The number of thiophene rings is 1. The van der Waals surface area contributed by atoms with Gasteiger partial charge in [-0.3, -0.25) is 19.3 Å². The normalized spacial score (nSPS) is 19.5. The fourth-order valence-electron chi connectivity index (χ4n) is 4.76. The molecule has 3 atom stereocenters. The minimum absolute atomic E-state index is 0.0504. The fourth-order valence-corrected chi connectivity index (χ4v) is 6.85. The number of H-pyrrole nitrogens is 1. The van der Waals surface area contributed by atoms with Gasteiger partial charge in [-0.2, -0.15) is 0 Å². The number of rotatable bonds is 8. The van der Waals surface area contributed by atoms with Crippen molar-refractivity contribution in [3.05, 3.63) is 103 Å². The lowest BCUT2D eigenvalue weighted by molar-refractivity contribution is -0.161. The van der Waals surface area contributed by atoms with Crippen molar-refractivity contribution in [2.45, 2.75) is 37.3 Å². The summed E-state index contributed by atoms with van der Waals surface area (Å²) in [4.78, 5) is 58.6. The Kier molecular flexibility index (Phi) is 7.24. The predicted octanol–water partition coefficient (Wildman–Crippen LogP) is 2.70. The van der Waals surface area contributed by atoms with Crippen molar-refractivity contribution < 1.29 is 19.5 Å². The van der Waals surface area contributed by atoms with Crippen molar-refractivity contribution in [2.24, 2.45) is 5.73 Å². The van der Waals surface area contributed by atoms with Crippen LogP contribution in [0.3, 0.4) is 0 Å². The maximum absolute atomic E-state index is 13.8. The number of aliphatic carboxylic acids is 1. The Bertz CT molecular complexity index is 1470. The topological polar surface area (TPSA) is 137 Å². The van der Waals surface area contributed by atoms with E-state index in [1.807, 2.05) is 23.6 Å². The third-order valence-electron chi connectivity index (χ3n) is 6.71. The summed E-state index contributed by atoms with van der Waals surface area (Å²) in [5.74, 6) is -1.79. The minimum atomic E-state index is -1.18. The molecule has 196 valence electrons. The SMILES string of the molecule is CC1=C(C(=O)O)N2C(=O)[C@@H](N(Cc3ccc(Cc4cccs4)[nH]c3=O)C(=O)[C@H](N)c3ccccc3)[C@H]2SC1. The van der Waals surface area contributed by atoms with Crippen LogP contribution in [0.2, 0.25) is 0 Å². The van der Waals surface area contributed by atoms with Crippen molar-refractivity contribution in [1.29, 1.82) is 0 Å². The van der Waals surface area contributed by atoms with Crippen LogP contribution in [0.4, 0.5) is 0 Å². The number of hydrogen-bond acceptors (Lipinski definition) is 7. The Morgan fingerprint density at radius 2 is 1.92 bits per heavy atom. The standard InChI is InChI=1S/C27H26N4O5S2/c1-15-14-38-26-22(25(34)31(26)21(15)27(35)36)30(24(33)20(28)16-6-3-2-4-7-16)13-17-9-10-18(29-23(17)32)12-19-8-5-11-37-19/h2-11,20,22,26H,12-14,28H2,1H3,(H,29,32)(H,35,36)/t20-,22-,26-/m1/s1. The fraction of sp³-hybridized carbons (Fsp3) is 0.259. The monoisotopic (exact) mass is 550 g/mol. The second kappa shape index (κ2) is 10.6. The summed E-state index contributed by atoms with van der Waals surface area (Å²) in [6.07, 6.45) is 0.577. The van der Waals surface area contributed by atoms with Crippen LogP contribution in [0.5, 0.6) is 0 Å². The van der Waals surface area contributed by atoms with Crippen LogP contribution in [0.25, 0.3) is 0 Å². The lowest BCUT2D eigenvalue weighted by Gasteiger charge is -2.53. The summed E-state index contributed by atoms with van der Waals surface area (Å²) >= 11 is 2.98. The number of carbonyl (C=O) groups excluding carboxylic acids is 2. The first-order chi connectivity index (χ1) is 18.3. The average Bonchev–Trinajstić information content (AvgIpc) is 3.42. The molecular weight excluding hydrogens is 524 g/mol. The zero-order valence-electron chi connectivity index (χ0n) is 20.5. The molecule has 2 aliphatic heterocycles. The average molecular weight is 551 g/mol. The van der Waals surface area contributed by atoms with Gasteiger partial charge in [0.05, 0.1) is 6.54 Å². The van der Waals surface area contributed by atoms with Crippen LogP contribution in [0, 0.1) is 0 Å². The van der Waals surface area contributed by atoms with Crippen LogP contribution < -0.4 is 11.3 Å².